The van der Waals surface area contributed by atoms with Gasteiger partial charge in [-0.3, -0.25) is 4.79 Å². The maximum absolute atomic E-state index is 13.0. The minimum absolute atomic E-state index is 0.0275. The molecule has 1 heterocycles. The number of benzene rings is 2. The highest BCUT2D eigenvalue weighted by atomic mass is 35.5. The Morgan fingerprint density at radius 1 is 1.12 bits per heavy atom. The SMILES string of the molecule is COc1ccc2c(c1)c1c(n2Cc2ccc(Cl)cc2)CC(C)(C)CC1=O. The summed E-state index contributed by atoms with van der Waals surface area (Å²) in [5.41, 5.74) is 4.22. The molecule has 0 bridgehead atoms. The average molecular weight is 368 g/mol. The van der Waals surface area contributed by atoms with Crippen LogP contribution in [0.25, 0.3) is 10.9 Å². The van der Waals surface area contributed by atoms with Crippen molar-refractivity contribution in [1.82, 2.24) is 4.57 Å². The van der Waals surface area contributed by atoms with Crippen LogP contribution in [0.2, 0.25) is 5.02 Å². The van der Waals surface area contributed by atoms with Crippen LogP contribution in [-0.4, -0.2) is 17.5 Å². The molecule has 2 aromatic carbocycles. The highest BCUT2D eigenvalue weighted by molar-refractivity contribution is 6.30. The molecule has 0 amide bonds. The van der Waals surface area contributed by atoms with Crippen LogP contribution in [0.4, 0.5) is 0 Å². The predicted octanol–water partition coefficient (Wildman–Crippen LogP) is 5.51. The number of halogens is 1. The highest BCUT2D eigenvalue weighted by Crippen LogP contribution is 2.41. The van der Waals surface area contributed by atoms with E-state index in [2.05, 4.69) is 24.5 Å². The lowest BCUT2D eigenvalue weighted by atomic mass is 9.75. The summed E-state index contributed by atoms with van der Waals surface area (Å²) >= 11 is 6.03. The number of nitrogens with zero attached hydrogens (tertiary/aromatic N) is 1. The zero-order chi connectivity index (χ0) is 18.5. The normalized spacial score (nSPS) is 15.9. The van der Waals surface area contributed by atoms with E-state index < -0.39 is 0 Å². The van der Waals surface area contributed by atoms with E-state index in [0.29, 0.717) is 6.42 Å². The summed E-state index contributed by atoms with van der Waals surface area (Å²) in [6, 6.07) is 13.9. The van der Waals surface area contributed by atoms with E-state index in [0.717, 1.165) is 45.9 Å². The van der Waals surface area contributed by atoms with Crippen molar-refractivity contribution in [2.24, 2.45) is 5.41 Å². The Morgan fingerprint density at radius 2 is 1.85 bits per heavy atom. The summed E-state index contributed by atoms with van der Waals surface area (Å²) in [6.07, 6.45) is 1.47. The first-order valence-electron chi connectivity index (χ1n) is 8.85. The summed E-state index contributed by atoms with van der Waals surface area (Å²) in [6.45, 7) is 5.05. The van der Waals surface area contributed by atoms with E-state index >= 15 is 0 Å². The fraction of sp³-hybridized carbons (Fsp3) is 0.318. The van der Waals surface area contributed by atoms with Crippen LogP contribution >= 0.6 is 11.6 Å². The molecule has 1 aliphatic carbocycles. The zero-order valence-corrected chi connectivity index (χ0v) is 16.1. The van der Waals surface area contributed by atoms with Crippen LogP contribution in [0, 0.1) is 5.41 Å². The van der Waals surface area contributed by atoms with Crippen molar-refractivity contribution >= 4 is 28.3 Å². The van der Waals surface area contributed by atoms with Gasteiger partial charge in [0.25, 0.3) is 0 Å². The second-order valence-corrected chi connectivity index (χ2v) is 8.29. The maximum Gasteiger partial charge on any atom is 0.165 e. The molecule has 134 valence electrons. The van der Waals surface area contributed by atoms with E-state index in [4.69, 9.17) is 16.3 Å². The number of hydrogen-bond acceptors (Lipinski definition) is 2. The molecule has 0 N–H and O–H groups in total. The van der Waals surface area contributed by atoms with E-state index in [9.17, 15) is 4.79 Å². The molecule has 3 aromatic rings. The van der Waals surface area contributed by atoms with Crippen LogP contribution in [0.1, 0.15) is 41.9 Å². The maximum atomic E-state index is 13.0. The fourth-order valence-electron chi connectivity index (χ4n) is 4.00. The number of ketones is 1. The first kappa shape index (κ1) is 17.2. The van der Waals surface area contributed by atoms with Gasteiger partial charge in [0.1, 0.15) is 5.75 Å². The van der Waals surface area contributed by atoms with Crippen LogP contribution in [0.5, 0.6) is 5.75 Å². The fourth-order valence-corrected chi connectivity index (χ4v) is 4.13. The first-order valence-corrected chi connectivity index (χ1v) is 9.22. The number of rotatable bonds is 3. The molecule has 0 aliphatic heterocycles. The number of aromatic nitrogens is 1. The Hall–Kier alpha value is -2.26. The van der Waals surface area contributed by atoms with Crippen LogP contribution in [-0.2, 0) is 13.0 Å². The molecule has 26 heavy (non-hydrogen) atoms. The monoisotopic (exact) mass is 367 g/mol. The van der Waals surface area contributed by atoms with Gasteiger partial charge in [-0.05, 0) is 47.7 Å². The lowest BCUT2D eigenvalue weighted by Gasteiger charge is -2.30. The minimum Gasteiger partial charge on any atom is -0.497 e. The third kappa shape index (κ3) is 2.90. The van der Waals surface area contributed by atoms with Gasteiger partial charge in [-0.1, -0.05) is 37.6 Å². The van der Waals surface area contributed by atoms with Gasteiger partial charge in [0, 0.05) is 40.1 Å². The van der Waals surface area contributed by atoms with Gasteiger partial charge in [-0.15, -0.1) is 0 Å². The van der Waals surface area contributed by atoms with Crippen molar-refractivity contribution in [3.8, 4) is 5.75 Å². The molecule has 4 heteroatoms. The lowest BCUT2D eigenvalue weighted by Crippen LogP contribution is -2.28. The third-order valence-electron chi connectivity index (χ3n) is 5.20. The number of hydrogen-bond donors (Lipinski definition) is 0. The summed E-state index contributed by atoms with van der Waals surface area (Å²) < 4.78 is 7.68. The van der Waals surface area contributed by atoms with E-state index in [-0.39, 0.29) is 11.2 Å². The molecule has 0 saturated heterocycles. The molecular formula is C22H22ClNO2. The van der Waals surface area contributed by atoms with Gasteiger partial charge in [0.2, 0.25) is 0 Å². The van der Waals surface area contributed by atoms with Crippen molar-refractivity contribution in [3.05, 3.63) is 64.3 Å². The van der Waals surface area contributed by atoms with E-state index in [1.807, 2.05) is 36.4 Å². The zero-order valence-electron chi connectivity index (χ0n) is 15.3. The predicted molar refractivity (Wildman–Crippen MR) is 105 cm³/mol. The van der Waals surface area contributed by atoms with Gasteiger partial charge in [-0.25, -0.2) is 0 Å². The van der Waals surface area contributed by atoms with Crippen molar-refractivity contribution in [2.45, 2.75) is 33.2 Å². The first-order chi connectivity index (χ1) is 12.4. The van der Waals surface area contributed by atoms with Gasteiger partial charge < -0.3 is 9.30 Å². The molecule has 1 aliphatic rings. The third-order valence-corrected chi connectivity index (χ3v) is 5.45. The Kier molecular flexibility index (Phi) is 4.07. The second-order valence-electron chi connectivity index (χ2n) is 7.86. The topological polar surface area (TPSA) is 31.2 Å². The van der Waals surface area contributed by atoms with Crippen molar-refractivity contribution in [2.75, 3.05) is 7.11 Å². The Morgan fingerprint density at radius 3 is 2.54 bits per heavy atom. The van der Waals surface area contributed by atoms with Gasteiger partial charge in [0.05, 0.1) is 7.11 Å². The van der Waals surface area contributed by atoms with Crippen molar-refractivity contribution in [3.63, 3.8) is 0 Å². The summed E-state index contributed by atoms with van der Waals surface area (Å²) in [7, 11) is 1.66. The average Bonchev–Trinajstić information content (AvgIpc) is 2.88. The van der Waals surface area contributed by atoms with Gasteiger partial charge in [-0.2, -0.15) is 0 Å². The number of carbonyl (C=O) groups excluding carboxylic acids is 1. The summed E-state index contributed by atoms with van der Waals surface area (Å²) in [5, 5.41) is 1.73. The Bertz CT molecular complexity index is 999. The molecule has 3 nitrogen and oxygen atoms in total. The minimum atomic E-state index is -0.0275. The second kappa shape index (κ2) is 6.17. The summed E-state index contributed by atoms with van der Waals surface area (Å²) in [5.74, 6) is 1.01. The van der Waals surface area contributed by atoms with E-state index in [1.165, 1.54) is 5.56 Å². The number of methoxy groups -OCH3 is 1. The van der Waals surface area contributed by atoms with Gasteiger partial charge >= 0.3 is 0 Å². The molecule has 0 unspecified atom stereocenters. The van der Waals surface area contributed by atoms with Crippen LogP contribution < -0.4 is 4.74 Å². The van der Waals surface area contributed by atoms with Crippen LogP contribution in [0.3, 0.4) is 0 Å². The molecule has 0 radical (unpaired) electrons. The molecule has 0 fully saturated rings. The number of fused-ring (bicyclic) bond motifs is 3. The van der Waals surface area contributed by atoms with E-state index in [1.54, 1.807) is 7.11 Å². The molecule has 0 atom stereocenters. The molecule has 0 saturated carbocycles. The molecular weight excluding hydrogens is 346 g/mol. The quantitative estimate of drug-likeness (QED) is 0.611. The van der Waals surface area contributed by atoms with Crippen molar-refractivity contribution in [1.29, 1.82) is 0 Å². The highest BCUT2D eigenvalue weighted by Gasteiger charge is 2.35. The lowest BCUT2D eigenvalue weighted by molar-refractivity contribution is 0.0912. The Labute approximate surface area is 158 Å². The number of Topliss-reactive ketones (excluding diaryl/α,β-unsaturated/α-hetero) is 1. The molecule has 0 spiro atoms. The standard InChI is InChI=1S/C22H22ClNO2/c1-22(2)11-19-21(20(25)12-22)17-10-16(26-3)8-9-18(17)24(19)13-14-4-6-15(23)7-5-14/h4-10H,11-13H2,1-3H3. The largest absolute Gasteiger partial charge is 0.497 e. The van der Waals surface area contributed by atoms with Crippen LogP contribution in [0.15, 0.2) is 42.5 Å². The number of ether oxygens (including phenoxy) is 1. The Balaban J connectivity index is 1.93. The smallest absolute Gasteiger partial charge is 0.165 e. The molecule has 4 rings (SSSR count). The van der Waals surface area contributed by atoms with Gasteiger partial charge in [0.15, 0.2) is 5.78 Å². The molecule has 1 aromatic heterocycles. The number of carbonyl (C=O) groups is 1. The summed E-state index contributed by atoms with van der Waals surface area (Å²) in [4.78, 5) is 13.0. The van der Waals surface area contributed by atoms with Crippen molar-refractivity contribution < 1.29 is 9.53 Å².